The molecule has 2 aliphatic rings. The van der Waals surface area contributed by atoms with E-state index in [2.05, 4.69) is 36.5 Å². The first-order chi connectivity index (χ1) is 13.2. The number of rotatable bonds is 6. The standard InChI is InChI=1S/C21H32BrFN4.HI/c1-24-21(25-12-4-5-16-8-9-17(22)15-20(16)23)26-18-10-13-27(14-11-18)19-6-2-3-7-19;/h8-9,15,18-19H,2-7,10-14H2,1H3,(H2,24,25,26);1H. The molecule has 1 saturated carbocycles. The Kier molecular flexibility index (Phi) is 10.5. The molecule has 0 bridgehead atoms. The van der Waals surface area contributed by atoms with Crippen molar-refractivity contribution >= 4 is 45.9 Å². The summed E-state index contributed by atoms with van der Waals surface area (Å²) in [6.45, 7) is 3.18. The minimum atomic E-state index is -0.138. The Labute approximate surface area is 194 Å². The number of benzene rings is 1. The largest absolute Gasteiger partial charge is 0.356 e. The lowest BCUT2D eigenvalue weighted by molar-refractivity contribution is 0.150. The van der Waals surface area contributed by atoms with Crippen molar-refractivity contribution in [3.63, 3.8) is 0 Å². The van der Waals surface area contributed by atoms with Crippen LogP contribution in [0.3, 0.4) is 0 Å². The monoisotopic (exact) mass is 566 g/mol. The Hall–Kier alpha value is -0.410. The molecule has 0 aromatic heterocycles. The van der Waals surface area contributed by atoms with Gasteiger partial charge in [-0.15, -0.1) is 24.0 Å². The first-order valence-corrected chi connectivity index (χ1v) is 11.1. The van der Waals surface area contributed by atoms with Gasteiger partial charge < -0.3 is 15.5 Å². The van der Waals surface area contributed by atoms with Crippen LogP contribution in [0.5, 0.6) is 0 Å². The lowest BCUT2D eigenvalue weighted by Crippen LogP contribution is -2.50. The molecule has 1 saturated heterocycles. The molecule has 28 heavy (non-hydrogen) atoms. The van der Waals surface area contributed by atoms with Crippen molar-refractivity contribution in [2.45, 2.75) is 63.5 Å². The summed E-state index contributed by atoms with van der Waals surface area (Å²) in [7, 11) is 1.82. The van der Waals surface area contributed by atoms with Crippen LogP contribution >= 0.6 is 39.9 Å². The second-order valence-electron chi connectivity index (χ2n) is 7.73. The third kappa shape index (κ3) is 7.13. The Bertz CT molecular complexity index is 629. The molecule has 1 aliphatic carbocycles. The quantitative estimate of drug-likeness (QED) is 0.227. The van der Waals surface area contributed by atoms with E-state index in [1.54, 1.807) is 0 Å². The molecular formula is C21H33BrFIN4. The molecule has 7 heteroatoms. The minimum absolute atomic E-state index is 0. The van der Waals surface area contributed by atoms with E-state index in [0.29, 0.717) is 6.04 Å². The normalized spacial score (nSPS) is 19.5. The zero-order valence-electron chi connectivity index (χ0n) is 16.7. The summed E-state index contributed by atoms with van der Waals surface area (Å²) in [6, 6.07) is 6.61. The number of nitrogens with zero attached hydrogens (tertiary/aromatic N) is 2. The molecule has 0 spiro atoms. The molecule has 2 N–H and O–H groups in total. The molecule has 4 nitrogen and oxygen atoms in total. The molecule has 1 aromatic rings. The van der Waals surface area contributed by atoms with Crippen LogP contribution in [0.25, 0.3) is 0 Å². The highest BCUT2D eigenvalue weighted by Crippen LogP contribution is 2.26. The molecular weight excluding hydrogens is 534 g/mol. The maximum Gasteiger partial charge on any atom is 0.191 e. The van der Waals surface area contributed by atoms with E-state index in [9.17, 15) is 4.39 Å². The average Bonchev–Trinajstić information content (AvgIpc) is 3.21. The topological polar surface area (TPSA) is 39.7 Å². The third-order valence-electron chi connectivity index (χ3n) is 5.87. The van der Waals surface area contributed by atoms with E-state index in [0.717, 1.165) is 41.4 Å². The second kappa shape index (κ2) is 12.3. The van der Waals surface area contributed by atoms with Gasteiger partial charge in [0.2, 0.25) is 0 Å². The fourth-order valence-electron chi connectivity index (χ4n) is 4.28. The van der Waals surface area contributed by atoms with Crippen LogP contribution in [0, 0.1) is 5.82 Å². The summed E-state index contributed by atoms with van der Waals surface area (Å²) >= 11 is 3.30. The van der Waals surface area contributed by atoms with E-state index in [-0.39, 0.29) is 29.8 Å². The van der Waals surface area contributed by atoms with E-state index < -0.39 is 0 Å². The zero-order valence-corrected chi connectivity index (χ0v) is 20.6. The summed E-state index contributed by atoms with van der Waals surface area (Å²) in [6.07, 6.45) is 9.55. The number of guanidine groups is 1. The minimum Gasteiger partial charge on any atom is -0.356 e. The lowest BCUT2D eigenvalue weighted by atomic mass is 10.0. The van der Waals surface area contributed by atoms with Gasteiger partial charge in [-0.25, -0.2) is 4.39 Å². The maximum absolute atomic E-state index is 13.9. The van der Waals surface area contributed by atoms with Crippen molar-refractivity contribution in [1.29, 1.82) is 0 Å². The van der Waals surface area contributed by atoms with Crippen LogP contribution < -0.4 is 10.6 Å². The highest BCUT2D eigenvalue weighted by molar-refractivity contribution is 14.0. The van der Waals surface area contributed by atoms with Crippen molar-refractivity contribution in [1.82, 2.24) is 15.5 Å². The van der Waals surface area contributed by atoms with Gasteiger partial charge in [0.05, 0.1) is 0 Å². The summed E-state index contributed by atoms with van der Waals surface area (Å²) in [5.41, 5.74) is 0.766. The van der Waals surface area contributed by atoms with Gasteiger partial charge in [-0.1, -0.05) is 34.8 Å². The molecule has 158 valence electrons. The van der Waals surface area contributed by atoms with Crippen molar-refractivity contribution < 1.29 is 4.39 Å². The molecule has 3 rings (SSSR count). The number of piperidine rings is 1. The van der Waals surface area contributed by atoms with E-state index in [4.69, 9.17) is 0 Å². The lowest BCUT2D eigenvalue weighted by Gasteiger charge is -2.36. The number of aryl methyl sites for hydroxylation is 1. The van der Waals surface area contributed by atoms with Crippen molar-refractivity contribution in [2.24, 2.45) is 4.99 Å². The van der Waals surface area contributed by atoms with Crippen molar-refractivity contribution in [3.8, 4) is 0 Å². The number of hydrogen-bond donors (Lipinski definition) is 2. The van der Waals surface area contributed by atoms with E-state index in [1.807, 2.05) is 19.2 Å². The summed E-state index contributed by atoms with van der Waals surface area (Å²) < 4.78 is 14.6. The number of nitrogens with one attached hydrogen (secondary N) is 2. The van der Waals surface area contributed by atoms with Gasteiger partial charge in [-0.05, 0) is 56.2 Å². The number of hydrogen-bond acceptors (Lipinski definition) is 2. The average molecular weight is 567 g/mol. The fourth-order valence-corrected chi connectivity index (χ4v) is 4.61. The number of aliphatic imine (C=N–C) groups is 1. The summed E-state index contributed by atoms with van der Waals surface area (Å²) in [4.78, 5) is 7.04. The van der Waals surface area contributed by atoms with Crippen LogP contribution in [0.4, 0.5) is 4.39 Å². The predicted octanol–water partition coefficient (Wildman–Crippen LogP) is 4.71. The molecule has 0 radical (unpaired) electrons. The molecule has 0 unspecified atom stereocenters. The van der Waals surface area contributed by atoms with Gasteiger partial charge >= 0.3 is 0 Å². The highest BCUT2D eigenvalue weighted by Gasteiger charge is 2.27. The van der Waals surface area contributed by atoms with Crippen LogP contribution in [0.1, 0.15) is 50.5 Å². The smallest absolute Gasteiger partial charge is 0.191 e. The Morgan fingerprint density at radius 2 is 1.93 bits per heavy atom. The fraction of sp³-hybridized carbons (Fsp3) is 0.667. The van der Waals surface area contributed by atoms with Gasteiger partial charge in [0, 0.05) is 43.2 Å². The van der Waals surface area contributed by atoms with Crippen LogP contribution in [0.2, 0.25) is 0 Å². The maximum atomic E-state index is 13.9. The molecule has 2 fully saturated rings. The molecule has 0 amide bonds. The van der Waals surface area contributed by atoms with Gasteiger partial charge in [0.1, 0.15) is 5.82 Å². The SMILES string of the molecule is CN=C(NCCCc1ccc(Br)cc1F)NC1CCN(C2CCCC2)CC1.I. The molecule has 1 heterocycles. The highest BCUT2D eigenvalue weighted by atomic mass is 127. The third-order valence-corrected chi connectivity index (χ3v) is 6.36. The summed E-state index contributed by atoms with van der Waals surface area (Å²) in [5.74, 6) is 0.728. The van der Waals surface area contributed by atoms with Crippen molar-refractivity contribution in [3.05, 3.63) is 34.1 Å². The van der Waals surface area contributed by atoms with Crippen LogP contribution in [-0.4, -0.2) is 49.6 Å². The summed E-state index contributed by atoms with van der Waals surface area (Å²) in [5, 5.41) is 6.94. The Morgan fingerprint density at radius 1 is 1.21 bits per heavy atom. The van der Waals surface area contributed by atoms with Gasteiger partial charge in [-0.2, -0.15) is 0 Å². The van der Waals surface area contributed by atoms with E-state index in [1.165, 1.54) is 57.7 Å². The molecule has 0 atom stereocenters. The van der Waals surface area contributed by atoms with Crippen LogP contribution in [-0.2, 0) is 6.42 Å². The number of halogens is 3. The molecule has 1 aliphatic heterocycles. The van der Waals surface area contributed by atoms with Gasteiger partial charge in [0.25, 0.3) is 0 Å². The first-order valence-electron chi connectivity index (χ1n) is 10.3. The van der Waals surface area contributed by atoms with Crippen LogP contribution in [0.15, 0.2) is 27.7 Å². The Balaban J connectivity index is 0.00000280. The second-order valence-corrected chi connectivity index (χ2v) is 8.65. The predicted molar refractivity (Wildman–Crippen MR) is 129 cm³/mol. The first kappa shape index (κ1) is 23.9. The van der Waals surface area contributed by atoms with E-state index >= 15 is 0 Å². The zero-order chi connectivity index (χ0) is 19.1. The van der Waals surface area contributed by atoms with Crippen molar-refractivity contribution in [2.75, 3.05) is 26.7 Å². The Morgan fingerprint density at radius 3 is 2.57 bits per heavy atom. The molecule has 1 aromatic carbocycles. The van der Waals surface area contributed by atoms with Gasteiger partial charge in [0.15, 0.2) is 5.96 Å². The van der Waals surface area contributed by atoms with Gasteiger partial charge in [-0.3, -0.25) is 4.99 Å². The number of likely N-dealkylation sites (tertiary alicyclic amines) is 1.